The molecule has 1 amide bonds. The molecule has 0 radical (unpaired) electrons. The number of ether oxygens (including phenoxy) is 1. The second kappa shape index (κ2) is 9.61. The van der Waals surface area contributed by atoms with Crippen molar-refractivity contribution in [2.45, 2.75) is 39.7 Å². The molecule has 2 heterocycles. The van der Waals surface area contributed by atoms with E-state index in [0.29, 0.717) is 49.4 Å². The minimum Gasteiger partial charge on any atom is -0.462 e. The van der Waals surface area contributed by atoms with Crippen LogP contribution in [-0.4, -0.2) is 65.9 Å². The minimum absolute atomic E-state index is 0.0593. The maximum atomic E-state index is 12.6. The molecule has 0 atom stereocenters. The van der Waals surface area contributed by atoms with Crippen LogP contribution in [0.15, 0.2) is 30.5 Å². The van der Waals surface area contributed by atoms with E-state index in [1.807, 2.05) is 0 Å². The molecule has 1 aromatic carbocycles. The van der Waals surface area contributed by atoms with Gasteiger partial charge in [0.15, 0.2) is 0 Å². The third-order valence-corrected chi connectivity index (χ3v) is 7.31. The number of aromatic nitrogens is 2. The van der Waals surface area contributed by atoms with Crippen molar-refractivity contribution in [1.29, 1.82) is 0 Å². The Bertz CT molecular complexity index is 1040. The Labute approximate surface area is 182 Å². The van der Waals surface area contributed by atoms with Crippen molar-refractivity contribution < 1.29 is 22.7 Å². The van der Waals surface area contributed by atoms with Gasteiger partial charge in [-0.05, 0) is 57.9 Å². The number of rotatable bonds is 7. The molecule has 1 aliphatic rings. The topological polar surface area (TPSA) is 111 Å². The van der Waals surface area contributed by atoms with E-state index in [9.17, 15) is 18.0 Å². The highest BCUT2D eigenvalue weighted by atomic mass is 32.2. The van der Waals surface area contributed by atoms with E-state index in [2.05, 4.69) is 10.4 Å². The lowest BCUT2D eigenvalue weighted by Gasteiger charge is -2.31. The summed E-state index contributed by atoms with van der Waals surface area (Å²) in [4.78, 5) is 24.6. The average Bonchev–Trinajstić information content (AvgIpc) is 3.15. The van der Waals surface area contributed by atoms with Gasteiger partial charge in [-0.15, -0.1) is 0 Å². The Balaban J connectivity index is 1.62. The van der Waals surface area contributed by atoms with Crippen LogP contribution in [0.1, 0.15) is 53.1 Å². The summed E-state index contributed by atoms with van der Waals surface area (Å²) in [6.07, 6.45) is 2.65. The highest BCUT2D eigenvalue weighted by molar-refractivity contribution is 7.89. The van der Waals surface area contributed by atoms with Gasteiger partial charge >= 0.3 is 5.97 Å². The van der Waals surface area contributed by atoms with Crippen molar-refractivity contribution in [2.75, 3.05) is 25.4 Å². The molecule has 31 heavy (non-hydrogen) atoms. The van der Waals surface area contributed by atoms with Gasteiger partial charge in [0.1, 0.15) is 5.56 Å². The van der Waals surface area contributed by atoms with Crippen LogP contribution in [0.5, 0.6) is 0 Å². The Hall–Kier alpha value is -2.72. The molecule has 9 nitrogen and oxygen atoms in total. The molecule has 10 heteroatoms. The Morgan fingerprint density at radius 1 is 1.16 bits per heavy atom. The number of sulfonamides is 1. The predicted molar refractivity (Wildman–Crippen MR) is 116 cm³/mol. The molecule has 1 N–H and O–H groups in total. The third-order valence-electron chi connectivity index (χ3n) is 5.43. The fraction of sp³-hybridized carbons (Fsp3) is 0.476. The minimum atomic E-state index is -3.18. The number of benzene rings is 1. The first-order valence-corrected chi connectivity index (χ1v) is 12.0. The lowest BCUT2D eigenvalue weighted by atomic mass is 10.1. The van der Waals surface area contributed by atoms with E-state index in [4.69, 9.17) is 4.74 Å². The molecule has 1 fully saturated rings. The smallest absolute Gasteiger partial charge is 0.341 e. The summed E-state index contributed by atoms with van der Waals surface area (Å²) < 4.78 is 32.1. The summed E-state index contributed by atoms with van der Waals surface area (Å²) >= 11 is 0. The van der Waals surface area contributed by atoms with Crippen LogP contribution < -0.4 is 5.32 Å². The second-order valence-electron chi connectivity index (χ2n) is 7.37. The van der Waals surface area contributed by atoms with Gasteiger partial charge in [-0.3, -0.25) is 4.79 Å². The monoisotopic (exact) mass is 448 g/mol. The first kappa shape index (κ1) is 23.0. The van der Waals surface area contributed by atoms with Gasteiger partial charge in [0, 0.05) is 24.7 Å². The van der Waals surface area contributed by atoms with Gasteiger partial charge in [0.25, 0.3) is 5.91 Å². The summed E-state index contributed by atoms with van der Waals surface area (Å²) in [7, 11) is -3.18. The molecule has 0 saturated carbocycles. The molecule has 1 aromatic heterocycles. The molecule has 2 aromatic rings. The average molecular weight is 449 g/mol. The molecular formula is C21H28N4O5S. The lowest BCUT2D eigenvalue weighted by molar-refractivity contribution is 0.0525. The Morgan fingerprint density at radius 2 is 1.81 bits per heavy atom. The zero-order valence-electron chi connectivity index (χ0n) is 18.0. The van der Waals surface area contributed by atoms with Crippen molar-refractivity contribution in [2.24, 2.45) is 0 Å². The van der Waals surface area contributed by atoms with Crippen molar-refractivity contribution in [1.82, 2.24) is 19.4 Å². The van der Waals surface area contributed by atoms with Crippen LogP contribution >= 0.6 is 0 Å². The predicted octanol–water partition coefficient (Wildman–Crippen LogP) is 1.90. The molecule has 0 unspecified atom stereocenters. The number of esters is 1. The summed E-state index contributed by atoms with van der Waals surface area (Å²) in [5.41, 5.74) is 2.29. The number of carbonyl (C=O) groups excluding carboxylic acids is 2. The number of carbonyl (C=O) groups is 2. The van der Waals surface area contributed by atoms with E-state index < -0.39 is 16.0 Å². The van der Waals surface area contributed by atoms with Crippen LogP contribution in [-0.2, 0) is 14.8 Å². The largest absolute Gasteiger partial charge is 0.462 e. The quantitative estimate of drug-likeness (QED) is 0.648. The number of hydrogen-bond acceptors (Lipinski definition) is 6. The molecule has 0 aliphatic carbocycles. The molecular weight excluding hydrogens is 420 g/mol. The molecule has 0 spiro atoms. The van der Waals surface area contributed by atoms with E-state index in [1.165, 1.54) is 10.5 Å². The van der Waals surface area contributed by atoms with Crippen molar-refractivity contribution >= 4 is 21.9 Å². The van der Waals surface area contributed by atoms with Crippen LogP contribution in [0.25, 0.3) is 5.69 Å². The van der Waals surface area contributed by atoms with Gasteiger partial charge in [0.05, 0.1) is 29.9 Å². The normalized spacial score (nSPS) is 15.6. The molecule has 168 valence electrons. The van der Waals surface area contributed by atoms with E-state index in [1.54, 1.807) is 49.7 Å². The Morgan fingerprint density at radius 3 is 2.39 bits per heavy atom. The van der Waals surface area contributed by atoms with E-state index in [0.717, 1.165) is 5.69 Å². The van der Waals surface area contributed by atoms with Gasteiger partial charge in [-0.2, -0.15) is 5.10 Å². The SMILES string of the molecule is CCOC(=O)c1cnn(-c2ccc(C(=O)NC3CCN(S(=O)(=O)CC)CC3)cc2)c1C. The first-order valence-electron chi connectivity index (χ1n) is 10.4. The molecule has 3 rings (SSSR count). The van der Waals surface area contributed by atoms with Crippen LogP contribution in [0.2, 0.25) is 0 Å². The second-order valence-corrected chi connectivity index (χ2v) is 9.63. The number of nitrogens with one attached hydrogen (secondary N) is 1. The third kappa shape index (κ3) is 5.13. The maximum absolute atomic E-state index is 12.6. The van der Waals surface area contributed by atoms with Gasteiger partial charge in [0.2, 0.25) is 10.0 Å². The van der Waals surface area contributed by atoms with Gasteiger partial charge in [-0.1, -0.05) is 0 Å². The lowest BCUT2D eigenvalue weighted by Crippen LogP contribution is -2.46. The van der Waals surface area contributed by atoms with Crippen LogP contribution in [0, 0.1) is 6.92 Å². The van der Waals surface area contributed by atoms with Crippen LogP contribution in [0.4, 0.5) is 0 Å². The van der Waals surface area contributed by atoms with E-state index >= 15 is 0 Å². The first-order chi connectivity index (χ1) is 14.8. The fourth-order valence-corrected chi connectivity index (χ4v) is 4.70. The number of piperidine rings is 1. The summed E-state index contributed by atoms with van der Waals surface area (Å²) in [5, 5.41) is 7.24. The summed E-state index contributed by atoms with van der Waals surface area (Å²) in [5.74, 6) is -0.527. The summed E-state index contributed by atoms with van der Waals surface area (Å²) in [6.45, 7) is 6.29. The zero-order chi connectivity index (χ0) is 22.6. The highest BCUT2D eigenvalue weighted by Crippen LogP contribution is 2.18. The van der Waals surface area contributed by atoms with Crippen molar-refractivity contribution in [3.8, 4) is 5.69 Å². The number of amides is 1. The maximum Gasteiger partial charge on any atom is 0.341 e. The number of hydrogen-bond donors (Lipinski definition) is 1. The molecule has 1 saturated heterocycles. The standard InChI is InChI=1S/C21H28N4O5S/c1-4-30-21(27)19-14-22-25(15(19)3)18-8-6-16(7-9-18)20(26)23-17-10-12-24(13-11-17)31(28,29)5-2/h6-9,14,17H,4-5,10-13H2,1-3H3,(H,23,26). The zero-order valence-corrected chi connectivity index (χ0v) is 18.8. The van der Waals surface area contributed by atoms with Crippen molar-refractivity contribution in [3.05, 3.63) is 47.3 Å². The van der Waals surface area contributed by atoms with Gasteiger partial charge in [-0.25, -0.2) is 22.2 Å². The summed E-state index contributed by atoms with van der Waals surface area (Å²) in [6, 6.07) is 6.87. The number of nitrogens with zero attached hydrogens (tertiary/aromatic N) is 3. The van der Waals surface area contributed by atoms with E-state index in [-0.39, 0.29) is 17.7 Å². The molecule has 0 bridgehead atoms. The van der Waals surface area contributed by atoms with Crippen LogP contribution in [0.3, 0.4) is 0 Å². The fourth-order valence-electron chi connectivity index (χ4n) is 3.56. The highest BCUT2D eigenvalue weighted by Gasteiger charge is 2.27. The van der Waals surface area contributed by atoms with Crippen molar-refractivity contribution in [3.63, 3.8) is 0 Å². The Kier molecular flexibility index (Phi) is 7.11. The molecule has 1 aliphatic heterocycles. The van der Waals surface area contributed by atoms with Gasteiger partial charge < -0.3 is 10.1 Å².